The molecule has 13 heavy (non-hydrogen) atoms. The van der Waals surface area contributed by atoms with Gasteiger partial charge in [-0.05, 0) is 13.8 Å². The molecular weight excluding hydrogens is 166 g/mol. The summed E-state index contributed by atoms with van der Waals surface area (Å²) in [6, 6.07) is 0. The van der Waals surface area contributed by atoms with Gasteiger partial charge < -0.3 is 4.74 Å². The summed E-state index contributed by atoms with van der Waals surface area (Å²) >= 11 is 0. The van der Waals surface area contributed by atoms with E-state index in [9.17, 15) is 4.79 Å². The molecule has 1 aliphatic rings. The molecule has 76 valence electrons. The highest BCUT2D eigenvalue weighted by Crippen LogP contribution is 2.24. The van der Waals surface area contributed by atoms with Crippen molar-refractivity contribution >= 4 is 5.78 Å². The van der Waals surface area contributed by atoms with Gasteiger partial charge in [0.15, 0.2) is 0 Å². The summed E-state index contributed by atoms with van der Waals surface area (Å²) in [7, 11) is 1.71. The van der Waals surface area contributed by atoms with E-state index < -0.39 is 0 Å². The molecule has 0 aliphatic carbocycles. The lowest BCUT2D eigenvalue weighted by Crippen LogP contribution is -2.51. The zero-order chi connectivity index (χ0) is 9.90. The number of carbonyl (C=O) groups is 1. The Morgan fingerprint density at radius 1 is 1.54 bits per heavy atom. The molecule has 3 heteroatoms. The van der Waals surface area contributed by atoms with Crippen molar-refractivity contribution in [2.24, 2.45) is 0 Å². The van der Waals surface area contributed by atoms with Crippen LogP contribution in [0, 0.1) is 0 Å². The van der Waals surface area contributed by atoms with Gasteiger partial charge in [-0.1, -0.05) is 0 Å². The third-order valence-corrected chi connectivity index (χ3v) is 2.71. The molecule has 1 saturated heterocycles. The van der Waals surface area contributed by atoms with Crippen molar-refractivity contribution in [3.63, 3.8) is 0 Å². The second kappa shape index (κ2) is 4.20. The van der Waals surface area contributed by atoms with Crippen molar-refractivity contribution in [2.45, 2.75) is 32.2 Å². The molecule has 0 spiro atoms. The molecule has 1 fully saturated rings. The molecule has 0 aromatic rings. The first kappa shape index (κ1) is 10.7. The normalized spacial score (nSPS) is 23.5. The van der Waals surface area contributed by atoms with Crippen molar-refractivity contribution in [2.75, 3.05) is 26.8 Å². The predicted molar refractivity (Wildman–Crippen MR) is 51.8 cm³/mol. The zero-order valence-corrected chi connectivity index (χ0v) is 8.80. The van der Waals surface area contributed by atoms with Crippen molar-refractivity contribution in [3.05, 3.63) is 0 Å². The van der Waals surface area contributed by atoms with Gasteiger partial charge in [-0.3, -0.25) is 9.69 Å². The molecule has 0 bridgehead atoms. The van der Waals surface area contributed by atoms with Gasteiger partial charge in [0.2, 0.25) is 0 Å². The van der Waals surface area contributed by atoms with Gasteiger partial charge in [0.1, 0.15) is 5.78 Å². The number of rotatable bonds is 3. The molecule has 0 saturated carbocycles. The van der Waals surface area contributed by atoms with Crippen LogP contribution in [0.25, 0.3) is 0 Å². The third kappa shape index (κ3) is 2.78. The Labute approximate surface area is 80.1 Å². The van der Waals surface area contributed by atoms with Gasteiger partial charge >= 0.3 is 0 Å². The minimum absolute atomic E-state index is 0.0217. The number of hydrogen-bond acceptors (Lipinski definition) is 3. The smallest absolute Gasteiger partial charge is 0.136 e. The maximum atomic E-state index is 11.2. The van der Waals surface area contributed by atoms with Crippen LogP contribution in [0.4, 0.5) is 0 Å². The molecule has 0 amide bonds. The quantitative estimate of drug-likeness (QED) is 0.659. The van der Waals surface area contributed by atoms with Gasteiger partial charge in [0.25, 0.3) is 0 Å². The molecule has 0 aromatic heterocycles. The number of Topliss-reactive ketones (excluding diaryl/α,β-unsaturated/α-hetero) is 1. The largest absolute Gasteiger partial charge is 0.383 e. The Morgan fingerprint density at radius 2 is 2.23 bits per heavy atom. The topological polar surface area (TPSA) is 29.5 Å². The second-order valence-electron chi connectivity index (χ2n) is 4.26. The van der Waals surface area contributed by atoms with E-state index in [4.69, 9.17) is 4.74 Å². The summed E-state index contributed by atoms with van der Waals surface area (Å²) in [5.74, 6) is 0.388. The number of piperidine rings is 1. The van der Waals surface area contributed by atoms with Crippen molar-refractivity contribution in [3.8, 4) is 0 Å². The van der Waals surface area contributed by atoms with Gasteiger partial charge in [-0.25, -0.2) is 0 Å². The lowest BCUT2D eigenvalue weighted by Gasteiger charge is -2.41. The van der Waals surface area contributed by atoms with Gasteiger partial charge in [0.05, 0.1) is 6.61 Å². The monoisotopic (exact) mass is 185 g/mol. The molecule has 0 aromatic carbocycles. The molecule has 1 rings (SSSR count). The molecule has 1 heterocycles. The first-order valence-electron chi connectivity index (χ1n) is 4.82. The Balaban J connectivity index is 2.49. The summed E-state index contributed by atoms with van der Waals surface area (Å²) in [5.41, 5.74) is 0.0217. The van der Waals surface area contributed by atoms with Crippen LogP contribution < -0.4 is 0 Å². The summed E-state index contributed by atoms with van der Waals surface area (Å²) in [5, 5.41) is 0. The minimum Gasteiger partial charge on any atom is -0.383 e. The van der Waals surface area contributed by atoms with Crippen molar-refractivity contribution in [1.29, 1.82) is 0 Å². The van der Waals surface area contributed by atoms with E-state index in [1.54, 1.807) is 7.11 Å². The fourth-order valence-electron chi connectivity index (χ4n) is 1.86. The number of carbonyl (C=O) groups excluding carboxylic acids is 1. The SMILES string of the molecule is COCCN1CCC(=O)CC1(C)C. The van der Waals surface area contributed by atoms with E-state index in [-0.39, 0.29) is 5.54 Å². The van der Waals surface area contributed by atoms with Gasteiger partial charge in [-0.2, -0.15) is 0 Å². The second-order valence-corrected chi connectivity index (χ2v) is 4.26. The Kier molecular flexibility index (Phi) is 3.45. The van der Waals surface area contributed by atoms with Crippen LogP contribution >= 0.6 is 0 Å². The highest BCUT2D eigenvalue weighted by atomic mass is 16.5. The van der Waals surface area contributed by atoms with E-state index in [0.717, 1.165) is 19.7 Å². The molecule has 0 N–H and O–H groups in total. The van der Waals surface area contributed by atoms with Crippen LogP contribution in [-0.4, -0.2) is 43.0 Å². The molecule has 0 unspecified atom stereocenters. The molecular formula is C10H19NO2. The number of likely N-dealkylation sites (tertiary alicyclic amines) is 1. The first-order chi connectivity index (χ1) is 6.06. The Morgan fingerprint density at radius 3 is 2.77 bits per heavy atom. The maximum absolute atomic E-state index is 11.2. The van der Waals surface area contributed by atoms with E-state index in [1.165, 1.54) is 0 Å². The van der Waals surface area contributed by atoms with Crippen LogP contribution in [0.5, 0.6) is 0 Å². The molecule has 3 nitrogen and oxygen atoms in total. The number of methoxy groups -OCH3 is 1. The van der Waals surface area contributed by atoms with Crippen molar-refractivity contribution < 1.29 is 9.53 Å². The zero-order valence-electron chi connectivity index (χ0n) is 8.80. The molecule has 1 aliphatic heterocycles. The Bertz CT molecular complexity index is 189. The predicted octanol–water partition coefficient (Wildman–Crippen LogP) is 1.08. The third-order valence-electron chi connectivity index (χ3n) is 2.71. The standard InChI is InChI=1S/C10H19NO2/c1-10(2)8-9(12)4-5-11(10)6-7-13-3/h4-8H2,1-3H3. The number of nitrogens with zero attached hydrogens (tertiary/aromatic N) is 1. The van der Waals surface area contributed by atoms with E-state index >= 15 is 0 Å². The van der Waals surface area contributed by atoms with Crippen LogP contribution in [0.2, 0.25) is 0 Å². The average Bonchev–Trinajstić information content (AvgIpc) is 2.01. The maximum Gasteiger partial charge on any atom is 0.136 e. The minimum atomic E-state index is 0.0217. The van der Waals surface area contributed by atoms with Crippen LogP contribution in [-0.2, 0) is 9.53 Å². The fourth-order valence-corrected chi connectivity index (χ4v) is 1.86. The van der Waals surface area contributed by atoms with E-state index in [1.807, 2.05) is 0 Å². The van der Waals surface area contributed by atoms with Gasteiger partial charge in [0, 0.05) is 38.6 Å². The summed E-state index contributed by atoms with van der Waals surface area (Å²) in [6.45, 7) is 6.81. The number of ether oxygens (including phenoxy) is 1. The Hall–Kier alpha value is -0.410. The number of ketones is 1. The molecule has 0 atom stereocenters. The number of hydrogen-bond donors (Lipinski definition) is 0. The lowest BCUT2D eigenvalue weighted by atomic mass is 9.90. The summed E-state index contributed by atoms with van der Waals surface area (Å²) in [6.07, 6.45) is 1.38. The average molecular weight is 185 g/mol. The first-order valence-corrected chi connectivity index (χ1v) is 4.82. The summed E-state index contributed by atoms with van der Waals surface area (Å²) < 4.78 is 5.04. The van der Waals surface area contributed by atoms with E-state index in [0.29, 0.717) is 18.6 Å². The van der Waals surface area contributed by atoms with Crippen molar-refractivity contribution in [1.82, 2.24) is 4.90 Å². The van der Waals surface area contributed by atoms with Crippen LogP contribution in [0.1, 0.15) is 26.7 Å². The summed E-state index contributed by atoms with van der Waals surface area (Å²) in [4.78, 5) is 13.6. The van der Waals surface area contributed by atoms with Gasteiger partial charge in [-0.15, -0.1) is 0 Å². The fraction of sp³-hybridized carbons (Fsp3) is 0.900. The molecule has 0 radical (unpaired) electrons. The highest BCUT2D eigenvalue weighted by molar-refractivity contribution is 5.80. The van der Waals surface area contributed by atoms with E-state index in [2.05, 4.69) is 18.7 Å². The highest BCUT2D eigenvalue weighted by Gasteiger charge is 2.33. The van der Waals surface area contributed by atoms with Crippen LogP contribution in [0.3, 0.4) is 0 Å². The van der Waals surface area contributed by atoms with Crippen LogP contribution in [0.15, 0.2) is 0 Å². The lowest BCUT2D eigenvalue weighted by molar-refractivity contribution is -0.125.